The third-order valence-electron chi connectivity index (χ3n) is 2.84. The Hall–Kier alpha value is -1.33. The van der Waals surface area contributed by atoms with Crippen LogP contribution in [0, 0.1) is 12.7 Å². The van der Waals surface area contributed by atoms with Crippen molar-refractivity contribution in [2.75, 3.05) is 0 Å². The molecule has 0 saturated carbocycles. The lowest BCUT2D eigenvalue weighted by atomic mass is 10.0. The molecule has 5 heteroatoms. The van der Waals surface area contributed by atoms with E-state index in [0.717, 1.165) is 17.7 Å². The Kier molecular flexibility index (Phi) is 4.61. The Bertz CT molecular complexity index is 556. The van der Waals surface area contributed by atoms with Crippen LogP contribution in [-0.4, -0.2) is 11.0 Å². The van der Waals surface area contributed by atoms with Crippen LogP contribution in [0.15, 0.2) is 39.0 Å². The number of nitrogens with two attached hydrogens (primary N) is 1. The number of oxazole rings is 1. The summed E-state index contributed by atoms with van der Waals surface area (Å²) in [5.41, 5.74) is 7.63. The van der Waals surface area contributed by atoms with E-state index >= 15 is 0 Å². The van der Waals surface area contributed by atoms with Gasteiger partial charge in [0.2, 0.25) is 0 Å². The molecule has 0 aliphatic rings. The summed E-state index contributed by atoms with van der Waals surface area (Å²) in [6, 6.07) is 5.08. The number of hydrogen-bond acceptors (Lipinski definition) is 4. The van der Waals surface area contributed by atoms with Crippen LogP contribution >= 0.6 is 11.8 Å². The van der Waals surface area contributed by atoms with Crippen LogP contribution in [0.1, 0.15) is 24.6 Å². The van der Waals surface area contributed by atoms with Gasteiger partial charge in [-0.1, -0.05) is 19.1 Å². The zero-order valence-corrected chi connectivity index (χ0v) is 11.8. The van der Waals surface area contributed by atoms with E-state index in [1.165, 1.54) is 17.8 Å². The minimum Gasteiger partial charge on any atom is -0.439 e. The van der Waals surface area contributed by atoms with Crippen molar-refractivity contribution in [3.63, 3.8) is 0 Å². The molecule has 3 nitrogen and oxygen atoms in total. The standard InChI is InChI=1S/C14H17FN2OS/c1-3-11(16)7-10-5-4-6-12(15)13(10)19-14-17-9(2)8-18-14/h4-6,8,11H,3,7,16H2,1-2H3. The monoisotopic (exact) mass is 280 g/mol. The second kappa shape index (κ2) is 6.21. The Morgan fingerprint density at radius 2 is 2.26 bits per heavy atom. The Morgan fingerprint density at radius 3 is 2.89 bits per heavy atom. The molecule has 0 fully saturated rings. The van der Waals surface area contributed by atoms with E-state index in [1.54, 1.807) is 12.3 Å². The van der Waals surface area contributed by atoms with E-state index in [1.807, 2.05) is 19.9 Å². The molecule has 0 spiro atoms. The topological polar surface area (TPSA) is 52.0 Å². The highest BCUT2D eigenvalue weighted by atomic mass is 32.2. The van der Waals surface area contributed by atoms with E-state index in [9.17, 15) is 4.39 Å². The largest absolute Gasteiger partial charge is 0.439 e. The van der Waals surface area contributed by atoms with E-state index < -0.39 is 0 Å². The van der Waals surface area contributed by atoms with Crippen LogP contribution < -0.4 is 5.73 Å². The molecule has 1 aromatic carbocycles. The number of halogens is 1. The number of rotatable bonds is 5. The normalized spacial score (nSPS) is 12.6. The fourth-order valence-electron chi connectivity index (χ4n) is 1.72. The molecule has 1 heterocycles. The smallest absolute Gasteiger partial charge is 0.260 e. The van der Waals surface area contributed by atoms with Crippen molar-refractivity contribution in [1.82, 2.24) is 4.98 Å². The maximum absolute atomic E-state index is 14.0. The summed E-state index contributed by atoms with van der Waals surface area (Å²) in [6.07, 6.45) is 3.07. The van der Waals surface area contributed by atoms with Gasteiger partial charge >= 0.3 is 0 Å². The average Bonchev–Trinajstić information content (AvgIpc) is 2.79. The van der Waals surface area contributed by atoms with Crippen LogP contribution in [0.2, 0.25) is 0 Å². The number of nitrogens with zero attached hydrogens (tertiary/aromatic N) is 1. The first-order chi connectivity index (χ1) is 9.10. The van der Waals surface area contributed by atoms with E-state index in [2.05, 4.69) is 4.98 Å². The molecule has 0 bridgehead atoms. The minimum absolute atomic E-state index is 0.0347. The highest BCUT2D eigenvalue weighted by molar-refractivity contribution is 7.99. The van der Waals surface area contributed by atoms with Crippen molar-refractivity contribution in [2.24, 2.45) is 5.73 Å². The lowest BCUT2D eigenvalue weighted by molar-refractivity contribution is 0.453. The quantitative estimate of drug-likeness (QED) is 0.910. The van der Waals surface area contributed by atoms with Crippen LogP contribution in [-0.2, 0) is 6.42 Å². The van der Waals surface area contributed by atoms with Crippen molar-refractivity contribution in [1.29, 1.82) is 0 Å². The average molecular weight is 280 g/mol. The third-order valence-corrected chi connectivity index (χ3v) is 3.87. The zero-order valence-electron chi connectivity index (χ0n) is 11.0. The highest BCUT2D eigenvalue weighted by Gasteiger charge is 2.14. The SMILES string of the molecule is CCC(N)Cc1cccc(F)c1Sc1nc(C)co1. The van der Waals surface area contributed by atoms with Crippen molar-refractivity contribution < 1.29 is 8.81 Å². The molecule has 19 heavy (non-hydrogen) atoms. The lowest BCUT2D eigenvalue weighted by Crippen LogP contribution is -2.21. The van der Waals surface area contributed by atoms with Crippen LogP contribution in [0.25, 0.3) is 0 Å². The van der Waals surface area contributed by atoms with E-state index in [-0.39, 0.29) is 11.9 Å². The van der Waals surface area contributed by atoms with Crippen LogP contribution in [0.4, 0.5) is 4.39 Å². The van der Waals surface area contributed by atoms with Gasteiger partial charge in [-0.15, -0.1) is 0 Å². The second-order valence-corrected chi connectivity index (χ2v) is 5.42. The van der Waals surface area contributed by atoms with Crippen molar-refractivity contribution in [3.8, 4) is 0 Å². The molecule has 2 N–H and O–H groups in total. The zero-order chi connectivity index (χ0) is 13.8. The first kappa shape index (κ1) is 14.1. The molecule has 0 radical (unpaired) electrons. The number of aryl methyl sites for hydroxylation is 1. The molecule has 1 aromatic heterocycles. The lowest BCUT2D eigenvalue weighted by Gasteiger charge is -2.12. The first-order valence-corrected chi connectivity index (χ1v) is 7.04. The molecule has 0 amide bonds. The van der Waals surface area contributed by atoms with E-state index in [0.29, 0.717) is 16.5 Å². The van der Waals surface area contributed by atoms with E-state index in [4.69, 9.17) is 10.2 Å². The summed E-state index contributed by atoms with van der Waals surface area (Å²) in [5, 5.41) is 0.453. The molecule has 0 saturated heterocycles. The van der Waals surface area contributed by atoms with Gasteiger partial charge in [-0.2, -0.15) is 0 Å². The van der Waals surface area contributed by atoms with Gasteiger partial charge in [0.15, 0.2) is 0 Å². The summed E-state index contributed by atoms with van der Waals surface area (Å²) < 4.78 is 19.2. The Morgan fingerprint density at radius 1 is 1.47 bits per heavy atom. The maximum atomic E-state index is 14.0. The van der Waals surface area contributed by atoms with Gasteiger partial charge < -0.3 is 10.2 Å². The molecular formula is C14H17FN2OS. The molecule has 1 unspecified atom stereocenters. The van der Waals surface area contributed by atoms with Crippen LogP contribution in [0.5, 0.6) is 0 Å². The Balaban J connectivity index is 2.27. The molecule has 0 aliphatic carbocycles. The Labute approximate surface area is 116 Å². The fraction of sp³-hybridized carbons (Fsp3) is 0.357. The van der Waals surface area contributed by atoms with Crippen molar-refractivity contribution in [3.05, 3.63) is 41.5 Å². The predicted molar refractivity (Wildman–Crippen MR) is 73.7 cm³/mol. The molecular weight excluding hydrogens is 263 g/mol. The second-order valence-electron chi connectivity index (χ2n) is 4.46. The highest BCUT2D eigenvalue weighted by Crippen LogP contribution is 2.32. The summed E-state index contributed by atoms with van der Waals surface area (Å²) in [4.78, 5) is 4.74. The maximum Gasteiger partial charge on any atom is 0.260 e. The molecule has 2 aromatic rings. The third kappa shape index (κ3) is 3.58. The molecule has 2 rings (SSSR count). The van der Waals surface area contributed by atoms with Gasteiger partial charge in [0.1, 0.15) is 12.1 Å². The summed E-state index contributed by atoms with van der Waals surface area (Å²) in [7, 11) is 0. The summed E-state index contributed by atoms with van der Waals surface area (Å²) in [5.74, 6) is -0.262. The first-order valence-electron chi connectivity index (χ1n) is 6.23. The number of hydrogen-bond donors (Lipinski definition) is 1. The van der Waals surface area contributed by atoms with Gasteiger partial charge in [0.05, 0.1) is 10.6 Å². The molecule has 0 aliphatic heterocycles. The summed E-state index contributed by atoms with van der Waals surface area (Å²) >= 11 is 1.21. The minimum atomic E-state index is -0.262. The van der Waals surface area contributed by atoms with Gasteiger partial charge in [-0.25, -0.2) is 9.37 Å². The fourth-order valence-corrected chi connectivity index (χ4v) is 2.63. The van der Waals surface area contributed by atoms with Crippen molar-refractivity contribution in [2.45, 2.75) is 42.8 Å². The number of aromatic nitrogens is 1. The van der Waals surface area contributed by atoms with Gasteiger partial charge in [-0.3, -0.25) is 0 Å². The predicted octanol–water partition coefficient (Wildman–Crippen LogP) is 3.55. The molecule has 1 atom stereocenters. The number of benzene rings is 1. The van der Waals surface area contributed by atoms with Crippen LogP contribution in [0.3, 0.4) is 0 Å². The van der Waals surface area contributed by atoms with Gasteiger partial charge in [0, 0.05) is 6.04 Å². The van der Waals surface area contributed by atoms with Gasteiger partial charge in [0.25, 0.3) is 5.22 Å². The molecule has 102 valence electrons. The van der Waals surface area contributed by atoms with Crippen molar-refractivity contribution >= 4 is 11.8 Å². The van der Waals surface area contributed by atoms with Gasteiger partial charge in [-0.05, 0) is 43.2 Å². The summed E-state index contributed by atoms with van der Waals surface area (Å²) in [6.45, 7) is 3.86.